The highest BCUT2D eigenvalue weighted by molar-refractivity contribution is 7.20. The number of carboxylic acids is 1. The third kappa shape index (κ3) is 2.99. The minimum absolute atomic E-state index is 0.260. The van der Waals surface area contributed by atoms with E-state index in [2.05, 4.69) is 28.7 Å². The molecule has 2 aromatic carbocycles. The normalized spacial score (nSPS) is 11.6. The Labute approximate surface area is 131 Å². The predicted molar refractivity (Wildman–Crippen MR) is 91.1 cm³/mol. The maximum absolute atomic E-state index is 10.8. The Morgan fingerprint density at radius 3 is 2.55 bits per heavy atom. The van der Waals surface area contributed by atoms with E-state index in [4.69, 9.17) is 5.11 Å². The van der Waals surface area contributed by atoms with Gasteiger partial charge in [0.1, 0.15) is 0 Å². The molecule has 0 spiro atoms. The number of rotatable bonds is 4. The molecule has 0 radical (unpaired) electrons. The monoisotopic (exact) mass is 310 g/mol. The summed E-state index contributed by atoms with van der Waals surface area (Å²) in [5.41, 5.74) is 4.86. The highest BCUT2D eigenvalue weighted by Crippen LogP contribution is 2.25. The number of benzene rings is 2. The summed E-state index contributed by atoms with van der Waals surface area (Å²) in [5.74, 6) is -0.934. The first-order valence-corrected chi connectivity index (χ1v) is 7.58. The molecule has 3 rings (SSSR count). The second kappa shape index (κ2) is 5.99. The van der Waals surface area contributed by atoms with Crippen LogP contribution in [-0.4, -0.2) is 16.8 Å². The third-order valence-corrected chi connectivity index (χ3v) is 4.49. The number of hydrazone groups is 1. The molecule has 0 aliphatic rings. The Morgan fingerprint density at radius 2 is 1.86 bits per heavy atom. The second-order valence-corrected chi connectivity index (χ2v) is 5.92. The number of hydrogen-bond donors (Lipinski definition) is 2. The van der Waals surface area contributed by atoms with E-state index < -0.39 is 5.97 Å². The zero-order valence-electron chi connectivity index (χ0n) is 11.9. The third-order valence-electron chi connectivity index (χ3n) is 3.27. The van der Waals surface area contributed by atoms with Crippen molar-refractivity contribution in [2.24, 2.45) is 5.10 Å². The Balaban J connectivity index is 1.77. The molecule has 0 aliphatic carbocycles. The van der Waals surface area contributed by atoms with E-state index in [1.165, 1.54) is 10.1 Å². The molecule has 0 unspecified atom stereocenters. The molecule has 0 aliphatic heterocycles. The van der Waals surface area contributed by atoms with E-state index in [-0.39, 0.29) is 5.56 Å². The van der Waals surface area contributed by atoms with Gasteiger partial charge in [0.2, 0.25) is 0 Å². The summed E-state index contributed by atoms with van der Waals surface area (Å²) >= 11 is 1.70. The minimum atomic E-state index is -0.934. The van der Waals surface area contributed by atoms with Gasteiger partial charge in [-0.2, -0.15) is 5.10 Å². The molecule has 5 heteroatoms. The molecule has 110 valence electrons. The zero-order valence-corrected chi connectivity index (χ0v) is 12.7. The van der Waals surface area contributed by atoms with Crippen LogP contribution in [0.1, 0.15) is 22.2 Å². The summed E-state index contributed by atoms with van der Waals surface area (Å²) < 4.78 is 1.23. The van der Waals surface area contributed by atoms with Gasteiger partial charge in [0.05, 0.1) is 21.8 Å². The van der Waals surface area contributed by atoms with Gasteiger partial charge in [-0.1, -0.05) is 18.2 Å². The van der Waals surface area contributed by atoms with Gasteiger partial charge in [-0.25, -0.2) is 4.79 Å². The number of thiophene rings is 1. The Kier molecular flexibility index (Phi) is 3.89. The van der Waals surface area contributed by atoms with Crippen molar-refractivity contribution in [1.29, 1.82) is 0 Å². The van der Waals surface area contributed by atoms with Crippen molar-refractivity contribution in [3.05, 3.63) is 65.0 Å². The number of fused-ring (bicyclic) bond motifs is 1. The van der Waals surface area contributed by atoms with Crippen molar-refractivity contribution in [1.82, 2.24) is 0 Å². The van der Waals surface area contributed by atoms with Crippen molar-refractivity contribution in [3.63, 3.8) is 0 Å². The molecule has 3 aromatic rings. The zero-order chi connectivity index (χ0) is 15.5. The molecule has 0 bridgehead atoms. The van der Waals surface area contributed by atoms with Gasteiger partial charge in [-0.3, -0.25) is 5.43 Å². The lowest BCUT2D eigenvalue weighted by Gasteiger charge is -2.02. The van der Waals surface area contributed by atoms with Gasteiger partial charge < -0.3 is 5.11 Å². The summed E-state index contributed by atoms with van der Waals surface area (Å²) in [5, 5.41) is 14.4. The van der Waals surface area contributed by atoms with Crippen molar-refractivity contribution in [2.45, 2.75) is 6.92 Å². The molecule has 0 saturated heterocycles. The summed E-state index contributed by atoms with van der Waals surface area (Å²) in [6.07, 6.45) is 0. The average molecular weight is 310 g/mol. The number of carboxylic acid groups (broad SMARTS) is 1. The van der Waals surface area contributed by atoms with Crippen LogP contribution in [0, 0.1) is 0 Å². The molecule has 1 heterocycles. The lowest BCUT2D eigenvalue weighted by molar-refractivity contribution is 0.0697. The number of carbonyl (C=O) groups is 1. The largest absolute Gasteiger partial charge is 0.478 e. The summed E-state index contributed by atoms with van der Waals surface area (Å²) in [6, 6.07) is 16.8. The number of hydrogen-bond acceptors (Lipinski definition) is 4. The predicted octanol–water partition coefficient (Wildman–Crippen LogP) is 4.44. The number of nitrogens with one attached hydrogen (secondary N) is 1. The van der Waals surface area contributed by atoms with Crippen molar-refractivity contribution < 1.29 is 9.90 Å². The van der Waals surface area contributed by atoms with Crippen LogP contribution in [0.15, 0.2) is 59.7 Å². The maximum atomic E-state index is 10.8. The Hall–Kier alpha value is -2.66. The van der Waals surface area contributed by atoms with Crippen LogP contribution in [0.2, 0.25) is 0 Å². The maximum Gasteiger partial charge on any atom is 0.335 e. The van der Waals surface area contributed by atoms with Crippen LogP contribution in [0.25, 0.3) is 10.1 Å². The fourth-order valence-corrected chi connectivity index (χ4v) is 3.06. The highest BCUT2D eigenvalue weighted by Gasteiger charge is 2.04. The lowest BCUT2D eigenvalue weighted by Crippen LogP contribution is -1.99. The van der Waals surface area contributed by atoms with E-state index in [0.717, 1.165) is 16.3 Å². The van der Waals surface area contributed by atoms with Crippen molar-refractivity contribution >= 4 is 38.8 Å². The molecular formula is C17H14N2O2S. The van der Waals surface area contributed by atoms with E-state index >= 15 is 0 Å². The van der Waals surface area contributed by atoms with Crippen LogP contribution in [0.4, 0.5) is 5.69 Å². The average Bonchev–Trinajstić information content (AvgIpc) is 2.97. The van der Waals surface area contributed by atoms with Gasteiger partial charge in [-0.05, 0) is 48.7 Å². The van der Waals surface area contributed by atoms with Gasteiger partial charge >= 0.3 is 5.97 Å². The Morgan fingerprint density at radius 1 is 1.14 bits per heavy atom. The van der Waals surface area contributed by atoms with Crippen molar-refractivity contribution in [2.75, 3.05) is 5.43 Å². The summed E-state index contributed by atoms with van der Waals surface area (Å²) in [4.78, 5) is 11.9. The van der Waals surface area contributed by atoms with Crippen LogP contribution >= 0.6 is 11.3 Å². The molecule has 22 heavy (non-hydrogen) atoms. The molecule has 0 fully saturated rings. The first-order chi connectivity index (χ1) is 10.6. The lowest BCUT2D eigenvalue weighted by atomic mass is 10.2. The Bertz CT molecular complexity index is 817. The quantitative estimate of drug-likeness (QED) is 0.553. The van der Waals surface area contributed by atoms with E-state index in [1.54, 1.807) is 35.6 Å². The van der Waals surface area contributed by atoms with Gasteiger partial charge in [0.25, 0.3) is 0 Å². The molecule has 0 saturated carbocycles. The molecule has 1 aromatic heterocycles. The SMILES string of the molecule is C/C(=N\Nc1ccc(C(=O)O)cc1)c1cc2ccccc2s1. The van der Waals surface area contributed by atoms with Gasteiger partial charge in [-0.15, -0.1) is 11.3 Å². The number of aromatic carboxylic acids is 1. The standard InChI is InChI=1S/C17H14N2O2S/c1-11(16-10-13-4-2-3-5-15(13)22-16)18-19-14-8-6-12(7-9-14)17(20)21/h2-10,19H,1H3,(H,20,21)/b18-11+. The topological polar surface area (TPSA) is 61.7 Å². The van der Waals surface area contributed by atoms with E-state index in [9.17, 15) is 4.79 Å². The second-order valence-electron chi connectivity index (χ2n) is 4.84. The van der Waals surface area contributed by atoms with Gasteiger partial charge in [0, 0.05) is 4.70 Å². The number of nitrogens with zero attached hydrogens (tertiary/aromatic N) is 1. The van der Waals surface area contributed by atoms with Crippen LogP contribution < -0.4 is 5.43 Å². The molecule has 0 amide bonds. The fraction of sp³-hybridized carbons (Fsp3) is 0.0588. The summed E-state index contributed by atoms with van der Waals surface area (Å²) in [7, 11) is 0. The summed E-state index contributed by atoms with van der Waals surface area (Å²) in [6.45, 7) is 1.95. The molecular weight excluding hydrogens is 296 g/mol. The first kappa shape index (κ1) is 14.3. The number of anilines is 1. The van der Waals surface area contributed by atoms with Crippen LogP contribution in [0.3, 0.4) is 0 Å². The van der Waals surface area contributed by atoms with E-state index in [1.807, 2.05) is 19.1 Å². The first-order valence-electron chi connectivity index (χ1n) is 6.76. The van der Waals surface area contributed by atoms with Crippen molar-refractivity contribution in [3.8, 4) is 0 Å². The minimum Gasteiger partial charge on any atom is -0.478 e. The molecule has 4 nitrogen and oxygen atoms in total. The van der Waals surface area contributed by atoms with Crippen LogP contribution in [0.5, 0.6) is 0 Å². The van der Waals surface area contributed by atoms with Gasteiger partial charge in [0.15, 0.2) is 0 Å². The van der Waals surface area contributed by atoms with E-state index in [0.29, 0.717) is 0 Å². The molecule has 0 atom stereocenters. The smallest absolute Gasteiger partial charge is 0.335 e. The highest BCUT2D eigenvalue weighted by atomic mass is 32.1. The molecule has 2 N–H and O–H groups in total. The van der Waals surface area contributed by atoms with Crippen LogP contribution in [-0.2, 0) is 0 Å². The fourth-order valence-electron chi connectivity index (χ4n) is 2.05.